The van der Waals surface area contributed by atoms with E-state index in [1.165, 1.54) is 7.11 Å². The van der Waals surface area contributed by atoms with E-state index in [9.17, 15) is 4.79 Å². The first-order chi connectivity index (χ1) is 9.22. The molecule has 106 valence electrons. The van der Waals surface area contributed by atoms with Crippen molar-refractivity contribution < 1.29 is 18.7 Å². The van der Waals surface area contributed by atoms with Crippen LogP contribution >= 0.6 is 0 Å². The first-order valence-electron chi connectivity index (χ1n) is 6.73. The molecule has 6 nitrogen and oxygen atoms in total. The summed E-state index contributed by atoms with van der Waals surface area (Å²) < 4.78 is 15.9. The maximum atomic E-state index is 11.4. The number of nitrogens with zero attached hydrogens (tertiary/aromatic N) is 2. The van der Waals surface area contributed by atoms with Crippen LogP contribution in [0.1, 0.15) is 44.4 Å². The highest BCUT2D eigenvalue weighted by molar-refractivity contribution is 5.72. The van der Waals surface area contributed by atoms with Crippen molar-refractivity contribution in [1.29, 1.82) is 0 Å². The number of ether oxygens (including phenoxy) is 2. The number of carbonyl (C=O) groups excluding carboxylic acids is 1. The van der Waals surface area contributed by atoms with Gasteiger partial charge >= 0.3 is 5.97 Å². The Morgan fingerprint density at radius 3 is 2.53 bits per heavy atom. The molecule has 1 aromatic heterocycles. The molecular weight excluding hydrogens is 248 g/mol. The second kappa shape index (κ2) is 6.65. The van der Waals surface area contributed by atoms with E-state index in [0.717, 1.165) is 32.1 Å². The molecule has 1 heterocycles. The minimum atomic E-state index is -0.108. The van der Waals surface area contributed by atoms with E-state index < -0.39 is 0 Å². The number of hydrogen-bond acceptors (Lipinski definition) is 6. The number of hydrogen-bond donors (Lipinski definition) is 0. The van der Waals surface area contributed by atoms with E-state index >= 15 is 0 Å². The van der Waals surface area contributed by atoms with Crippen LogP contribution in [0.5, 0.6) is 0 Å². The van der Waals surface area contributed by atoms with Crippen LogP contribution in [-0.4, -0.2) is 29.4 Å². The summed E-state index contributed by atoms with van der Waals surface area (Å²) in [5, 5.41) is 7.80. The van der Waals surface area contributed by atoms with Gasteiger partial charge in [0, 0.05) is 6.42 Å². The Morgan fingerprint density at radius 2 is 1.95 bits per heavy atom. The van der Waals surface area contributed by atoms with Crippen molar-refractivity contribution in [2.45, 2.75) is 51.7 Å². The van der Waals surface area contributed by atoms with Crippen molar-refractivity contribution in [3.8, 4) is 0 Å². The highest BCUT2D eigenvalue weighted by Crippen LogP contribution is 2.27. The lowest BCUT2D eigenvalue weighted by molar-refractivity contribution is -0.147. The number of rotatable bonds is 5. The molecule has 0 atom stereocenters. The van der Waals surface area contributed by atoms with Gasteiger partial charge < -0.3 is 13.9 Å². The third-order valence-electron chi connectivity index (χ3n) is 3.46. The first-order valence-corrected chi connectivity index (χ1v) is 6.73. The third kappa shape index (κ3) is 3.76. The average Bonchev–Trinajstić information content (AvgIpc) is 2.93. The smallest absolute Gasteiger partial charge is 0.308 e. The number of aromatic nitrogens is 2. The third-order valence-corrected chi connectivity index (χ3v) is 3.46. The van der Waals surface area contributed by atoms with Crippen molar-refractivity contribution in [3.63, 3.8) is 0 Å². The summed E-state index contributed by atoms with van der Waals surface area (Å²) >= 11 is 0. The van der Waals surface area contributed by atoms with Crippen molar-refractivity contribution >= 4 is 5.97 Å². The van der Waals surface area contributed by atoms with E-state index in [0.29, 0.717) is 18.4 Å². The van der Waals surface area contributed by atoms with Gasteiger partial charge in [0.05, 0.1) is 19.1 Å². The zero-order valence-corrected chi connectivity index (χ0v) is 11.4. The summed E-state index contributed by atoms with van der Waals surface area (Å²) in [7, 11) is 1.44. The monoisotopic (exact) mass is 268 g/mol. The number of aryl methyl sites for hydroxylation is 1. The van der Waals surface area contributed by atoms with Gasteiger partial charge in [0.25, 0.3) is 0 Å². The van der Waals surface area contributed by atoms with Gasteiger partial charge in [0.15, 0.2) is 0 Å². The highest BCUT2D eigenvalue weighted by Gasteiger charge is 2.27. The Balaban J connectivity index is 1.72. The zero-order chi connectivity index (χ0) is 13.7. The molecule has 0 aromatic carbocycles. The topological polar surface area (TPSA) is 74.5 Å². The fraction of sp³-hybridized carbons (Fsp3) is 0.769. The summed E-state index contributed by atoms with van der Waals surface area (Å²) in [4.78, 5) is 11.4. The molecule has 0 amide bonds. The SMILES string of the molecule is CCc1nnc(COC2CCC(C(=O)OC)CC2)o1. The fourth-order valence-electron chi connectivity index (χ4n) is 2.31. The summed E-state index contributed by atoms with van der Waals surface area (Å²) in [5.74, 6) is 1.07. The second-order valence-corrected chi connectivity index (χ2v) is 4.75. The number of methoxy groups -OCH3 is 1. The van der Waals surface area contributed by atoms with Gasteiger partial charge in [0.2, 0.25) is 11.8 Å². The maximum Gasteiger partial charge on any atom is 0.308 e. The van der Waals surface area contributed by atoms with Gasteiger partial charge in [-0.05, 0) is 25.7 Å². The normalized spacial score (nSPS) is 23.3. The maximum absolute atomic E-state index is 11.4. The summed E-state index contributed by atoms with van der Waals surface area (Å²) in [5.41, 5.74) is 0. The predicted molar refractivity (Wildman–Crippen MR) is 66.2 cm³/mol. The number of esters is 1. The molecule has 0 N–H and O–H groups in total. The predicted octanol–water partition coefficient (Wildman–Crippen LogP) is 1.88. The minimum absolute atomic E-state index is 0.0277. The lowest BCUT2D eigenvalue weighted by atomic mass is 9.87. The molecule has 19 heavy (non-hydrogen) atoms. The number of carbonyl (C=O) groups is 1. The summed E-state index contributed by atoms with van der Waals surface area (Å²) in [6.45, 7) is 2.31. The molecule has 2 rings (SSSR count). The average molecular weight is 268 g/mol. The first kappa shape index (κ1) is 14.0. The quantitative estimate of drug-likeness (QED) is 0.759. The highest BCUT2D eigenvalue weighted by atomic mass is 16.5. The van der Waals surface area contributed by atoms with Crippen LogP contribution in [0.25, 0.3) is 0 Å². The van der Waals surface area contributed by atoms with Crippen LogP contribution in [0.2, 0.25) is 0 Å². The lowest BCUT2D eigenvalue weighted by Crippen LogP contribution is -2.26. The summed E-state index contributed by atoms with van der Waals surface area (Å²) in [6, 6.07) is 0. The molecule has 0 unspecified atom stereocenters. The largest absolute Gasteiger partial charge is 0.469 e. The van der Waals surface area contributed by atoms with Gasteiger partial charge in [-0.3, -0.25) is 4.79 Å². The molecule has 0 bridgehead atoms. The molecule has 0 radical (unpaired) electrons. The van der Waals surface area contributed by atoms with E-state index in [1.807, 2.05) is 6.92 Å². The Hall–Kier alpha value is -1.43. The minimum Gasteiger partial charge on any atom is -0.469 e. The van der Waals surface area contributed by atoms with Crippen molar-refractivity contribution in [2.75, 3.05) is 7.11 Å². The van der Waals surface area contributed by atoms with E-state index in [1.54, 1.807) is 0 Å². The van der Waals surface area contributed by atoms with Crippen molar-refractivity contribution in [1.82, 2.24) is 10.2 Å². The molecule has 0 spiro atoms. The van der Waals surface area contributed by atoms with E-state index in [4.69, 9.17) is 13.9 Å². The van der Waals surface area contributed by atoms with Crippen molar-refractivity contribution in [2.24, 2.45) is 5.92 Å². The molecule has 1 aliphatic rings. The van der Waals surface area contributed by atoms with Gasteiger partial charge in [-0.25, -0.2) is 0 Å². The molecule has 0 aliphatic heterocycles. The van der Waals surface area contributed by atoms with Gasteiger partial charge in [-0.2, -0.15) is 0 Å². The van der Waals surface area contributed by atoms with E-state index in [-0.39, 0.29) is 18.0 Å². The standard InChI is InChI=1S/C13H20N2O4/c1-3-11-14-15-12(19-11)8-18-10-6-4-9(5-7-10)13(16)17-2/h9-10H,3-8H2,1-2H3. The van der Waals surface area contributed by atoms with Crippen LogP contribution in [-0.2, 0) is 27.3 Å². The Kier molecular flexibility index (Phi) is 4.90. The molecule has 1 aromatic rings. The zero-order valence-electron chi connectivity index (χ0n) is 11.4. The van der Waals surface area contributed by atoms with Crippen molar-refractivity contribution in [3.05, 3.63) is 11.8 Å². The molecule has 1 fully saturated rings. The molecule has 1 aliphatic carbocycles. The van der Waals surface area contributed by atoms with Crippen LogP contribution in [0.15, 0.2) is 4.42 Å². The lowest BCUT2D eigenvalue weighted by Gasteiger charge is -2.26. The van der Waals surface area contributed by atoms with Crippen LogP contribution in [0, 0.1) is 5.92 Å². The van der Waals surface area contributed by atoms with Crippen LogP contribution < -0.4 is 0 Å². The summed E-state index contributed by atoms with van der Waals surface area (Å²) in [6.07, 6.45) is 4.28. The molecular formula is C13H20N2O4. The Bertz CT molecular complexity index is 411. The van der Waals surface area contributed by atoms with Gasteiger partial charge in [-0.15, -0.1) is 10.2 Å². The van der Waals surface area contributed by atoms with Crippen LogP contribution in [0.4, 0.5) is 0 Å². The van der Waals surface area contributed by atoms with Crippen LogP contribution in [0.3, 0.4) is 0 Å². The van der Waals surface area contributed by atoms with Gasteiger partial charge in [0.1, 0.15) is 6.61 Å². The molecule has 6 heteroatoms. The molecule has 0 saturated heterocycles. The Morgan fingerprint density at radius 1 is 1.26 bits per heavy atom. The van der Waals surface area contributed by atoms with E-state index in [2.05, 4.69) is 10.2 Å². The molecule has 1 saturated carbocycles. The van der Waals surface area contributed by atoms with Gasteiger partial charge in [-0.1, -0.05) is 6.92 Å². The Labute approximate surface area is 112 Å². The fourth-order valence-corrected chi connectivity index (χ4v) is 2.31. The second-order valence-electron chi connectivity index (χ2n) is 4.75.